The van der Waals surface area contributed by atoms with E-state index in [9.17, 15) is 19.2 Å². The highest BCUT2D eigenvalue weighted by Gasteiger charge is 2.12. The first-order valence-corrected chi connectivity index (χ1v) is 4.80. The summed E-state index contributed by atoms with van der Waals surface area (Å²) in [5.74, 6) is -4.35. The molecule has 0 saturated heterocycles. The predicted molar refractivity (Wildman–Crippen MR) is 57.0 cm³/mol. The maximum Gasteiger partial charge on any atom is 0.320 e. The fourth-order valence-electron chi connectivity index (χ4n) is 0.616. The molecule has 0 aliphatic carbocycles. The zero-order chi connectivity index (χ0) is 14.7. The molecule has 0 aromatic rings. The van der Waals surface area contributed by atoms with Crippen LogP contribution in [-0.4, -0.2) is 50.3 Å². The molecule has 104 valence electrons. The Morgan fingerprint density at radius 2 is 1.11 bits per heavy atom. The average Bonchev–Trinajstić information content (AvgIpc) is 2.23. The summed E-state index contributed by atoms with van der Waals surface area (Å²) in [6.45, 7) is 0. The number of nitrogens with two attached hydrogens (primary N) is 1. The zero-order valence-electron chi connectivity index (χ0n) is 9.40. The summed E-state index contributed by atoms with van der Waals surface area (Å²) in [5.41, 5.74) is 5.00. The van der Waals surface area contributed by atoms with E-state index >= 15 is 0 Å². The van der Waals surface area contributed by atoms with Gasteiger partial charge in [-0.3, -0.25) is 19.2 Å². The van der Waals surface area contributed by atoms with Gasteiger partial charge in [-0.25, -0.2) is 0 Å². The molecule has 0 amide bonds. The highest BCUT2D eigenvalue weighted by Crippen LogP contribution is 1.93. The SMILES string of the molecule is N[C@@H](CCC(=O)O)C(=O)O.O=C(O)CCC(=O)O. The molecule has 1 atom stereocenters. The molecule has 0 aromatic carbocycles. The summed E-state index contributed by atoms with van der Waals surface area (Å²) in [7, 11) is 0. The number of rotatable bonds is 7. The number of aliphatic carboxylic acids is 4. The van der Waals surface area contributed by atoms with Gasteiger partial charge in [0, 0.05) is 6.42 Å². The molecule has 0 fully saturated rings. The van der Waals surface area contributed by atoms with Crippen molar-refractivity contribution in [1.82, 2.24) is 0 Å². The Bertz CT molecular complexity index is 300. The molecule has 0 saturated carbocycles. The van der Waals surface area contributed by atoms with Crippen molar-refractivity contribution in [2.45, 2.75) is 31.7 Å². The third-order valence-corrected chi connectivity index (χ3v) is 1.54. The largest absolute Gasteiger partial charge is 0.481 e. The lowest BCUT2D eigenvalue weighted by atomic mass is 10.2. The van der Waals surface area contributed by atoms with Crippen LogP contribution in [-0.2, 0) is 19.2 Å². The smallest absolute Gasteiger partial charge is 0.320 e. The van der Waals surface area contributed by atoms with Crippen LogP contribution in [0.5, 0.6) is 0 Å². The van der Waals surface area contributed by atoms with Crippen molar-refractivity contribution in [3.05, 3.63) is 0 Å². The Labute approximate surface area is 102 Å². The molecule has 9 heteroatoms. The molecule has 6 N–H and O–H groups in total. The Morgan fingerprint density at radius 1 is 0.778 bits per heavy atom. The van der Waals surface area contributed by atoms with Gasteiger partial charge in [0.1, 0.15) is 6.04 Å². The lowest BCUT2D eigenvalue weighted by molar-refractivity contribution is -0.143. The van der Waals surface area contributed by atoms with Crippen LogP contribution in [0.3, 0.4) is 0 Å². The Balaban J connectivity index is 0. The Hall–Kier alpha value is -2.16. The van der Waals surface area contributed by atoms with E-state index in [1.54, 1.807) is 0 Å². The van der Waals surface area contributed by atoms with Crippen LogP contribution in [0.25, 0.3) is 0 Å². The molecule has 18 heavy (non-hydrogen) atoms. The minimum absolute atomic E-state index is 0.0231. The number of carbonyl (C=O) groups is 4. The van der Waals surface area contributed by atoms with Crippen LogP contribution in [0, 0.1) is 0 Å². The fraction of sp³-hybridized carbons (Fsp3) is 0.556. The third-order valence-electron chi connectivity index (χ3n) is 1.54. The van der Waals surface area contributed by atoms with E-state index in [1.165, 1.54) is 0 Å². The highest BCUT2D eigenvalue weighted by atomic mass is 16.4. The van der Waals surface area contributed by atoms with E-state index < -0.39 is 29.9 Å². The zero-order valence-corrected chi connectivity index (χ0v) is 9.40. The van der Waals surface area contributed by atoms with E-state index in [-0.39, 0.29) is 25.7 Å². The van der Waals surface area contributed by atoms with Gasteiger partial charge >= 0.3 is 23.9 Å². The van der Waals surface area contributed by atoms with Crippen molar-refractivity contribution in [3.8, 4) is 0 Å². The molecule has 0 aliphatic heterocycles. The second kappa shape index (κ2) is 10.0. The molecule has 0 aromatic heterocycles. The van der Waals surface area contributed by atoms with E-state index in [0.29, 0.717) is 0 Å². The molecule has 0 bridgehead atoms. The minimum atomic E-state index is -1.17. The Morgan fingerprint density at radius 3 is 1.33 bits per heavy atom. The quantitative estimate of drug-likeness (QED) is 0.394. The lowest BCUT2D eigenvalue weighted by Crippen LogP contribution is -2.30. The predicted octanol–water partition coefficient (Wildman–Crippen LogP) is -0.801. The number of carboxylic acid groups (broad SMARTS) is 4. The van der Waals surface area contributed by atoms with E-state index in [1.807, 2.05) is 0 Å². The molecule has 0 radical (unpaired) electrons. The minimum Gasteiger partial charge on any atom is -0.481 e. The standard InChI is InChI=1S/C5H9NO4.C4H6O4/c6-3(5(9)10)1-2-4(7)8;5-3(6)1-2-4(7)8/h3H,1-2,6H2,(H,7,8)(H,9,10);1-2H2,(H,5,6)(H,7,8)/t3-;/m0./s1. The molecule has 9 nitrogen and oxygen atoms in total. The summed E-state index contributed by atoms with van der Waals surface area (Å²) >= 11 is 0. The number of hydrogen-bond acceptors (Lipinski definition) is 5. The summed E-state index contributed by atoms with van der Waals surface area (Å²) in [6.07, 6.45) is -0.817. The molecular weight excluding hydrogens is 250 g/mol. The van der Waals surface area contributed by atoms with Crippen molar-refractivity contribution in [3.63, 3.8) is 0 Å². The summed E-state index contributed by atoms with van der Waals surface area (Å²) < 4.78 is 0. The van der Waals surface area contributed by atoms with Gasteiger partial charge in [0.15, 0.2) is 0 Å². The molecule has 0 rings (SSSR count). The van der Waals surface area contributed by atoms with Crippen molar-refractivity contribution >= 4 is 23.9 Å². The van der Waals surface area contributed by atoms with Crippen LogP contribution in [0.2, 0.25) is 0 Å². The van der Waals surface area contributed by atoms with Gasteiger partial charge in [0.25, 0.3) is 0 Å². The summed E-state index contributed by atoms with van der Waals surface area (Å²) in [6, 6.07) is -1.06. The van der Waals surface area contributed by atoms with Crippen LogP contribution >= 0.6 is 0 Å². The Kier molecular flexibility index (Phi) is 10.1. The van der Waals surface area contributed by atoms with Gasteiger partial charge in [-0.2, -0.15) is 0 Å². The molecule has 0 spiro atoms. The lowest BCUT2D eigenvalue weighted by Gasteiger charge is -2.01. The molecular formula is C9H15NO8. The third kappa shape index (κ3) is 16.3. The van der Waals surface area contributed by atoms with E-state index in [2.05, 4.69) is 0 Å². The molecule has 0 aliphatic rings. The van der Waals surface area contributed by atoms with Gasteiger partial charge in [-0.05, 0) is 6.42 Å². The number of carboxylic acids is 4. The second-order valence-electron chi connectivity index (χ2n) is 3.16. The summed E-state index contributed by atoms with van der Waals surface area (Å²) in [5, 5.41) is 32.1. The number of hydrogen-bond donors (Lipinski definition) is 5. The first kappa shape index (κ1) is 18.2. The normalized spacial score (nSPS) is 10.7. The van der Waals surface area contributed by atoms with Gasteiger partial charge in [0.05, 0.1) is 12.8 Å². The highest BCUT2D eigenvalue weighted by molar-refractivity contribution is 5.75. The monoisotopic (exact) mass is 265 g/mol. The van der Waals surface area contributed by atoms with Gasteiger partial charge < -0.3 is 26.2 Å². The maximum absolute atomic E-state index is 9.99. The van der Waals surface area contributed by atoms with E-state index in [4.69, 9.17) is 26.2 Å². The first-order valence-electron chi connectivity index (χ1n) is 4.80. The van der Waals surface area contributed by atoms with Gasteiger partial charge in [0.2, 0.25) is 0 Å². The molecule has 0 unspecified atom stereocenters. The van der Waals surface area contributed by atoms with E-state index in [0.717, 1.165) is 0 Å². The van der Waals surface area contributed by atoms with Crippen LogP contribution < -0.4 is 5.73 Å². The van der Waals surface area contributed by atoms with Crippen LogP contribution in [0.4, 0.5) is 0 Å². The van der Waals surface area contributed by atoms with Crippen LogP contribution in [0.15, 0.2) is 0 Å². The topological polar surface area (TPSA) is 175 Å². The maximum atomic E-state index is 9.99. The van der Waals surface area contributed by atoms with Gasteiger partial charge in [-0.15, -0.1) is 0 Å². The average molecular weight is 265 g/mol. The van der Waals surface area contributed by atoms with Crippen molar-refractivity contribution in [2.24, 2.45) is 5.73 Å². The van der Waals surface area contributed by atoms with Crippen LogP contribution in [0.1, 0.15) is 25.7 Å². The van der Waals surface area contributed by atoms with Gasteiger partial charge in [-0.1, -0.05) is 0 Å². The van der Waals surface area contributed by atoms with Crippen molar-refractivity contribution < 1.29 is 39.6 Å². The molecule has 0 heterocycles. The first-order chi connectivity index (χ1) is 8.16. The van der Waals surface area contributed by atoms with Crippen molar-refractivity contribution in [1.29, 1.82) is 0 Å². The fourth-order valence-corrected chi connectivity index (χ4v) is 0.616. The van der Waals surface area contributed by atoms with Crippen molar-refractivity contribution in [2.75, 3.05) is 0 Å². The summed E-state index contributed by atoms with van der Waals surface area (Å²) in [4.78, 5) is 39.2. The second-order valence-corrected chi connectivity index (χ2v) is 3.16.